The highest BCUT2D eigenvalue weighted by molar-refractivity contribution is 7.19. The van der Waals surface area contributed by atoms with Crippen molar-refractivity contribution in [2.24, 2.45) is 5.41 Å². The summed E-state index contributed by atoms with van der Waals surface area (Å²) in [5, 5.41) is 11.8. The molecule has 37 heavy (non-hydrogen) atoms. The van der Waals surface area contributed by atoms with Gasteiger partial charge in [-0.2, -0.15) is 0 Å². The molecule has 5 nitrogen and oxygen atoms in total. The summed E-state index contributed by atoms with van der Waals surface area (Å²) in [6, 6.07) is 22.9. The lowest BCUT2D eigenvalue weighted by atomic mass is 9.82. The number of aromatic amines is 1. The van der Waals surface area contributed by atoms with Crippen LogP contribution < -0.4 is 4.90 Å². The molecule has 0 aliphatic carbocycles. The molecule has 1 unspecified atom stereocenters. The number of nitrogens with one attached hydrogen (secondary N) is 1. The summed E-state index contributed by atoms with van der Waals surface area (Å²) in [6.45, 7) is 3.05. The van der Waals surface area contributed by atoms with Crippen LogP contribution in [0.1, 0.15) is 19.8 Å². The molecule has 1 aliphatic rings. The molecule has 186 valence electrons. The predicted molar refractivity (Wildman–Crippen MR) is 147 cm³/mol. The van der Waals surface area contributed by atoms with E-state index in [1.165, 1.54) is 12.1 Å². The normalized spacial score (nSPS) is 17.8. The third kappa shape index (κ3) is 4.29. The lowest BCUT2D eigenvalue weighted by Crippen LogP contribution is -2.46. The van der Waals surface area contributed by atoms with Crippen LogP contribution in [0.25, 0.3) is 43.7 Å². The Morgan fingerprint density at radius 2 is 1.73 bits per heavy atom. The Bertz CT molecular complexity index is 1590. The molecule has 1 saturated heterocycles. The zero-order valence-electron chi connectivity index (χ0n) is 20.4. The summed E-state index contributed by atoms with van der Waals surface area (Å²) in [5.74, 6) is -1.02. The van der Waals surface area contributed by atoms with Gasteiger partial charge in [-0.1, -0.05) is 59.9 Å². The molecule has 0 amide bonds. The van der Waals surface area contributed by atoms with Crippen molar-refractivity contribution in [1.82, 2.24) is 9.97 Å². The van der Waals surface area contributed by atoms with Crippen molar-refractivity contribution in [1.29, 1.82) is 0 Å². The Kier molecular flexibility index (Phi) is 5.80. The van der Waals surface area contributed by atoms with Crippen molar-refractivity contribution in [2.75, 3.05) is 18.0 Å². The van der Waals surface area contributed by atoms with Crippen LogP contribution in [0, 0.1) is 11.2 Å². The molecule has 7 heteroatoms. The molecule has 2 aromatic heterocycles. The second-order valence-electron chi connectivity index (χ2n) is 9.89. The summed E-state index contributed by atoms with van der Waals surface area (Å²) in [7, 11) is 0. The van der Waals surface area contributed by atoms with Gasteiger partial charge in [-0.3, -0.25) is 4.79 Å². The molecular weight excluding hydrogens is 485 g/mol. The van der Waals surface area contributed by atoms with Gasteiger partial charge in [0.25, 0.3) is 0 Å². The number of piperidine rings is 1. The lowest BCUT2D eigenvalue weighted by Gasteiger charge is -2.37. The number of fused-ring (bicyclic) bond motifs is 1. The van der Waals surface area contributed by atoms with Gasteiger partial charge in [0.05, 0.1) is 16.0 Å². The third-order valence-electron chi connectivity index (χ3n) is 7.27. The van der Waals surface area contributed by atoms with E-state index < -0.39 is 11.4 Å². The fourth-order valence-electron chi connectivity index (χ4n) is 5.15. The number of nitrogens with zero attached hydrogens (tertiary/aromatic N) is 2. The van der Waals surface area contributed by atoms with Gasteiger partial charge in [-0.15, -0.1) is 0 Å². The van der Waals surface area contributed by atoms with Crippen LogP contribution in [0.15, 0.2) is 79.0 Å². The molecule has 0 spiro atoms. The number of aliphatic carboxylic acids is 1. The zero-order valence-corrected chi connectivity index (χ0v) is 21.2. The Hall–Kier alpha value is -3.97. The molecule has 1 aliphatic heterocycles. The van der Waals surface area contributed by atoms with Gasteiger partial charge in [0.15, 0.2) is 5.13 Å². The maximum absolute atomic E-state index is 13.4. The number of aromatic nitrogens is 2. The second kappa shape index (κ2) is 9.16. The highest BCUT2D eigenvalue weighted by Crippen LogP contribution is 2.44. The average molecular weight is 512 g/mol. The van der Waals surface area contributed by atoms with E-state index in [1.807, 2.05) is 31.3 Å². The lowest BCUT2D eigenvalue weighted by molar-refractivity contribution is -0.148. The number of hydrogen-bond donors (Lipinski definition) is 2. The van der Waals surface area contributed by atoms with Crippen LogP contribution in [0.4, 0.5) is 9.52 Å². The van der Waals surface area contributed by atoms with Crippen molar-refractivity contribution in [3.8, 4) is 32.8 Å². The van der Waals surface area contributed by atoms with Crippen molar-refractivity contribution in [3.63, 3.8) is 0 Å². The number of thiazole rings is 1. The number of H-pyrrole nitrogens is 1. The standard InChI is InChI=1S/C30H26FN3O2S/c1-30(28(35)36)15-3-17-34(18-30)29-33-26(27(37-29)24-4-2-5-25-23(24)14-16-32-25)21-8-6-19(7-9-21)20-10-12-22(31)13-11-20/h2,4-14,16,32H,3,15,17-18H2,1H3,(H,35,36). The monoisotopic (exact) mass is 511 g/mol. The van der Waals surface area contributed by atoms with Gasteiger partial charge in [0.2, 0.25) is 0 Å². The second-order valence-corrected chi connectivity index (χ2v) is 10.9. The van der Waals surface area contributed by atoms with Crippen LogP contribution in [0.2, 0.25) is 0 Å². The number of benzene rings is 3. The van der Waals surface area contributed by atoms with Crippen LogP contribution in [-0.4, -0.2) is 34.1 Å². The summed E-state index contributed by atoms with van der Waals surface area (Å²) < 4.78 is 13.4. The SMILES string of the molecule is CC1(C(=O)O)CCCN(c2nc(-c3ccc(-c4ccc(F)cc4)cc3)c(-c3cccc4[nH]ccc34)s2)C1. The Morgan fingerprint density at radius 3 is 2.46 bits per heavy atom. The summed E-state index contributed by atoms with van der Waals surface area (Å²) in [6.07, 6.45) is 3.42. The first-order valence-electron chi connectivity index (χ1n) is 12.3. The van der Waals surface area contributed by atoms with E-state index >= 15 is 0 Å². The van der Waals surface area contributed by atoms with Crippen LogP contribution in [0.5, 0.6) is 0 Å². The minimum Gasteiger partial charge on any atom is -0.481 e. The summed E-state index contributed by atoms with van der Waals surface area (Å²) in [5.41, 5.74) is 5.17. The third-order valence-corrected chi connectivity index (χ3v) is 8.42. The molecule has 1 atom stereocenters. The largest absolute Gasteiger partial charge is 0.481 e. The van der Waals surface area contributed by atoms with Crippen molar-refractivity contribution < 1.29 is 14.3 Å². The maximum Gasteiger partial charge on any atom is 0.311 e. The first-order chi connectivity index (χ1) is 17.9. The van der Waals surface area contributed by atoms with Crippen molar-refractivity contribution in [2.45, 2.75) is 19.8 Å². The first kappa shape index (κ1) is 23.4. The van der Waals surface area contributed by atoms with Gasteiger partial charge in [0.1, 0.15) is 5.82 Å². The van der Waals surface area contributed by atoms with Gasteiger partial charge in [-0.25, -0.2) is 9.37 Å². The van der Waals surface area contributed by atoms with Crippen LogP contribution in [-0.2, 0) is 4.79 Å². The minimum atomic E-state index is -0.790. The van der Waals surface area contributed by atoms with Gasteiger partial charge in [0, 0.05) is 41.3 Å². The Balaban J connectivity index is 1.45. The van der Waals surface area contributed by atoms with Crippen LogP contribution in [0.3, 0.4) is 0 Å². The number of hydrogen-bond acceptors (Lipinski definition) is 4. The van der Waals surface area contributed by atoms with E-state index in [4.69, 9.17) is 4.98 Å². The van der Waals surface area contributed by atoms with E-state index in [1.54, 1.807) is 23.5 Å². The topological polar surface area (TPSA) is 69.2 Å². The van der Waals surface area contributed by atoms with Gasteiger partial charge >= 0.3 is 5.97 Å². The quantitative estimate of drug-likeness (QED) is 0.257. The Labute approximate surface area is 218 Å². The molecule has 0 bridgehead atoms. The van der Waals surface area contributed by atoms with E-state index in [2.05, 4.69) is 40.2 Å². The zero-order chi connectivity index (χ0) is 25.6. The number of rotatable bonds is 5. The molecule has 3 aromatic carbocycles. The molecule has 5 aromatic rings. The number of carboxylic acid groups (broad SMARTS) is 1. The number of carbonyl (C=O) groups is 1. The van der Waals surface area contributed by atoms with Gasteiger partial charge in [-0.05, 0) is 55.2 Å². The molecule has 2 N–H and O–H groups in total. The minimum absolute atomic E-state index is 0.254. The Morgan fingerprint density at radius 1 is 1.03 bits per heavy atom. The molecule has 0 radical (unpaired) electrons. The smallest absolute Gasteiger partial charge is 0.311 e. The molecule has 1 fully saturated rings. The molecular formula is C30H26FN3O2S. The average Bonchev–Trinajstić information content (AvgIpc) is 3.57. The van der Waals surface area contributed by atoms with E-state index in [0.717, 1.165) is 61.8 Å². The van der Waals surface area contributed by atoms with E-state index in [0.29, 0.717) is 13.0 Å². The van der Waals surface area contributed by atoms with Gasteiger partial charge < -0.3 is 15.0 Å². The highest BCUT2D eigenvalue weighted by Gasteiger charge is 2.39. The maximum atomic E-state index is 13.4. The fourth-order valence-corrected chi connectivity index (χ4v) is 6.30. The molecule has 3 heterocycles. The summed E-state index contributed by atoms with van der Waals surface area (Å²) >= 11 is 1.61. The number of anilines is 1. The summed E-state index contributed by atoms with van der Waals surface area (Å²) in [4.78, 5) is 23.6. The van der Waals surface area contributed by atoms with E-state index in [9.17, 15) is 14.3 Å². The number of carboxylic acids is 1. The van der Waals surface area contributed by atoms with Crippen molar-refractivity contribution >= 4 is 33.3 Å². The molecule has 6 rings (SSSR count). The van der Waals surface area contributed by atoms with Crippen LogP contribution >= 0.6 is 11.3 Å². The predicted octanol–water partition coefficient (Wildman–Crippen LogP) is 7.46. The fraction of sp³-hybridized carbons (Fsp3) is 0.200. The number of halogens is 1. The first-order valence-corrected chi connectivity index (χ1v) is 13.1. The highest BCUT2D eigenvalue weighted by atomic mass is 32.1. The molecule has 0 saturated carbocycles. The van der Waals surface area contributed by atoms with Crippen molar-refractivity contribution in [3.05, 3.63) is 84.8 Å². The van der Waals surface area contributed by atoms with E-state index in [-0.39, 0.29) is 5.82 Å².